The number of amides is 2. The minimum absolute atomic E-state index is 0.0518. The third kappa shape index (κ3) is 5.54. The topological polar surface area (TPSA) is 61.9 Å². The second kappa shape index (κ2) is 10.8. The van der Waals surface area contributed by atoms with Crippen LogP contribution < -0.4 is 10.1 Å². The minimum Gasteiger partial charge on any atom is -0.497 e. The van der Waals surface area contributed by atoms with Crippen molar-refractivity contribution < 1.29 is 14.3 Å². The zero-order valence-corrected chi connectivity index (χ0v) is 18.7. The average Bonchev–Trinajstić information content (AvgIpc) is 3.32. The van der Waals surface area contributed by atoms with Gasteiger partial charge in [0, 0.05) is 38.3 Å². The van der Waals surface area contributed by atoms with Gasteiger partial charge in [0.15, 0.2) is 0 Å². The lowest BCUT2D eigenvalue weighted by molar-refractivity contribution is -0.129. The summed E-state index contributed by atoms with van der Waals surface area (Å²) in [6, 6.07) is 7.21. The second-order valence-corrected chi connectivity index (χ2v) is 8.80. The maximum Gasteiger partial charge on any atom is 0.253 e. The second-order valence-electron chi connectivity index (χ2n) is 8.80. The summed E-state index contributed by atoms with van der Waals surface area (Å²) in [4.78, 5) is 30.2. The van der Waals surface area contributed by atoms with Crippen molar-refractivity contribution in [3.05, 3.63) is 29.8 Å². The highest BCUT2D eigenvalue weighted by Crippen LogP contribution is 2.31. The number of carbonyl (C=O) groups is 2. The molecule has 1 saturated carbocycles. The lowest BCUT2D eigenvalue weighted by Crippen LogP contribution is -2.58. The first-order valence-electron chi connectivity index (χ1n) is 11.5. The van der Waals surface area contributed by atoms with Crippen LogP contribution in [0.4, 0.5) is 0 Å². The molecule has 1 heterocycles. The molecule has 0 aromatic heterocycles. The third-order valence-electron chi connectivity index (χ3n) is 6.77. The van der Waals surface area contributed by atoms with Gasteiger partial charge in [-0.3, -0.25) is 14.5 Å². The molecular weight excluding hydrogens is 378 g/mol. The van der Waals surface area contributed by atoms with Gasteiger partial charge in [0.05, 0.1) is 13.2 Å². The van der Waals surface area contributed by atoms with E-state index in [-0.39, 0.29) is 17.9 Å². The summed E-state index contributed by atoms with van der Waals surface area (Å²) in [5, 5.41) is 3.21. The fourth-order valence-electron chi connectivity index (χ4n) is 4.59. The van der Waals surface area contributed by atoms with Gasteiger partial charge < -0.3 is 15.0 Å². The van der Waals surface area contributed by atoms with Crippen LogP contribution in [0.15, 0.2) is 24.3 Å². The highest BCUT2D eigenvalue weighted by atomic mass is 16.5. The van der Waals surface area contributed by atoms with Gasteiger partial charge in [0.2, 0.25) is 5.91 Å². The molecule has 2 fully saturated rings. The standard InChI is InChI=1S/C24H37N3O3/c1-4-18(2)17-25-23(28)22(19-7-5-6-8-19)26-13-15-27(16-14-26)24(29)20-9-11-21(30-3)12-10-20/h9-12,18-19,22H,4-8,13-17H2,1-3H3,(H,25,28). The molecule has 1 aliphatic heterocycles. The van der Waals surface area contributed by atoms with E-state index in [9.17, 15) is 9.59 Å². The Morgan fingerprint density at radius 3 is 2.30 bits per heavy atom. The van der Waals surface area contributed by atoms with Gasteiger partial charge in [0.1, 0.15) is 5.75 Å². The summed E-state index contributed by atoms with van der Waals surface area (Å²) < 4.78 is 5.18. The summed E-state index contributed by atoms with van der Waals surface area (Å²) in [5.74, 6) is 1.91. The molecular formula is C24H37N3O3. The van der Waals surface area contributed by atoms with Crippen molar-refractivity contribution in [2.24, 2.45) is 11.8 Å². The van der Waals surface area contributed by atoms with Crippen LogP contribution in [-0.4, -0.2) is 67.5 Å². The smallest absolute Gasteiger partial charge is 0.253 e. The highest BCUT2D eigenvalue weighted by Gasteiger charge is 2.37. The van der Waals surface area contributed by atoms with Crippen molar-refractivity contribution in [3.8, 4) is 5.75 Å². The molecule has 166 valence electrons. The SMILES string of the molecule is CCC(C)CNC(=O)C(C1CCCC1)N1CCN(C(=O)c2ccc(OC)cc2)CC1. The van der Waals surface area contributed by atoms with Gasteiger partial charge in [-0.05, 0) is 48.9 Å². The zero-order chi connectivity index (χ0) is 21.5. The fraction of sp³-hybridized carbons (Fsp3) is 0.667. The van der Waals surface area contributed by atoms with E-state index < -0.39 is 0 Å². The van der Waals surface area contributed by atoms with Crippen LogP contribution >= 0.6 is 0 Å². The molecule has 1 N–H and O–H groups in total. The van der Waals surface area contributed by atoms with Crippen molar-refractivity contribution in [2.75, 3.05) is 39.8 Å². The average molecular weight is 416 g/mol. The van der Waals surface area contributed by atoms with Gasteiger partial charge in [-0.1, -0.05) is 33.1 Å². The fourth-order valence-corrected chi connectivity index (χ4v) is 4.59. The van der Waals surface area contributed by atoms with Crippen molar-refractivity contribution >= 4 is 11.8 Å². The first-order valence-corrected chi connectivity index (χ1v) is 11.5. The molecule has 1 aromatic carbocycles. The molecule has 1 saturated heterocycles. The molecule has 2 aliphatic rings. The molecule has 1 aliphatic carbocycles. The Hall–Kier alpha value is -2.08. The monoisotopic (exact) mass is 415 g/mol. The molecule has 0 bridgehead atoms. The number of nitrogens with one attached hydrogen (secondary N) is 1. The van der Waals surface area contributed by atoms with Crippen LogP contribution in [0, 0.1) is 11.8 Å². The van der Waals surface area contributed by atoms with Crippen LogP contribution in [0.25, 0.3) is 0 Å². The Labute approximate surface area is 180 Å². The van der Waals surface area contributed by atoms with E-state index in [0.29, 0.717) is 30.5 Å². The predicted octanol–water partition coefficient (Wildman–Crippen LogP) is 3.17. The van der Waals surface area contributed by atoms with Crippen molar-refractivity contribution in [2.45, 2.75) is 52.0 Å². The van der Waals surface area contributed by atoms with Crippen LogP contribution in [0.3, 0.4) is 0 Å². The number of nitrogens with zero attached hydrogens (tertiary/aromatic N) is 2. The molecule has 2 unspecified atom stereocenters. The lowest BCUT2D eigenvalue weighted by Gasteiger charge is -2.41. The maximum atomic E-state index is 13.1. The van der Waals surface area contributed by atoms with E-state index in [1.54, 1.807) is 7.11 Å². The summed E-state index contributed by atoms with van der Waals surface area (Å²) >= 11 is 0. The highest BCUT2D eigenvalue weighted by molar-refractivity contribution is 5.94. The van der Waals surface area contributed by atoms with E-state index in [2.05, 4.69) is 24.1 Å². The molecule has 2 atom stereocenters. The number of hydrogen-bond acceptors (Lipinski definition) is 4. The van der Waals surface area contributed by atoms with Crippen LogP contribution in [0.2, 0.25) is 0 Å². The largest absolute Gasteiger partial charge is 0.497 e. The van der Waals surface area contributed by atoms with E-state index in [1.807, 2.05) is 29.2 Å². The van der Waals surface area contributed by atoms with Gasteiger partial charge >= 0.3 is 0 Å². The Bertz CT molecular complexity index is 692. The predicted molar refractivity (Wildman–Crippen MR) is 119 cm³/mol. The molecule has 2 amide bonds. The lowest BCUT2D eigenvalue weighted by atomic mass is 9.94. The third-order valence-corrected chi connectivity index (χ3v) is 6.77. The van der Waals surface area contributed by atoms with Crippen LogP contribution in [0.1, 0.15) is 56.3 Å². The zero-order valence-electron chi connectivity index (χ0n) is 18.7. The van der Waals surface area contributed by atoms with Crippen molar-refractivity contribution in [3.63, 3.8) is 0 Å². The quantitative estimate of drug-likeness (QED) is 0.708. The Balaban J connectivity index is 1.60. The van der Waals surface area contributed by atoms with Gasteiger partial charge in [-0.2, -0.15) is 0 Å². The number of piperazine rings is 1. The summed E-state index contributed by atoms with van der Waals surface area (Å²) in [7, 11) is 1.62. The van der Waals surface area contributed by atoms with Crippen molar-refractivity contribution in [1.29, 1.82) is 0 Å². The maximum absolute atomic E-state index is 13.1. The Morgan fingerprint density at radius 1 is 1.10 bits per heavy atom. The number of rotatable bonds is 8. The van der Waals surface area contributed by atoms with Gasteiger partial charge in [-0.15, -0.1) is 0 Å². The van der Waals surface area contributed by atoms with E-state index in [4.69, 9.17) is 4.74 Å². The molecule has 3 rings (SSSR count). The van der Waals surface area contributed by atoms with E-state index >= 15 is 0 Å². The first-order chi connectivity index (χ1) is 14.5. The Kier molecular flexibility index (Phi) is 8.14. The number of methoxy groups -OCH3 is 1. The van der Waals surface area contributed by atoms with Gasteiger partial charge in [0.25, 0.3) is 5.91 Å². The van der Waals surface area contributed by atoms with Crippen molar-refractivity contribution in [1.82, 2.24) is 15.1 Å². The molecule has 30 heavy (non-hydrogen) atoms. The van der Waals surface area contributed by atoms with E-state index in [0.717, 1.165) is 44.6 Å². The van der Waals surface area contributed by atoms with Gasteiger partial charge in [-0.25, -0.2) is 0 Å². The number of benzene rings is 1. The first kappa shape index (κ1) is 22.6. The molecule has 1 aromatic rings. The molecule has 6 heteroatoms. The number of hydrogen-bond donors (Lipinski definition) is 1. The minimum atomic E-state index is -0.0604. The summed E-state index contributed by atoms with van der Waals surface area (Å²) in [6.07, 6.45) is 5.77. The number of carbonyl (C=O) groups excluding carboxylic acids is 2. The van der Waals surface area contributed by atoms with Crippen LogP contribution in [0.5, 0.6) is 5.75 Å². The summed E-state index contributed by atoms with van der Waals surface area (Å²) in [6.45, 7) is 7.90. The van der Waals surface area contributed by atoms with E-state index in [1.165, 1.54) is 12.8 Å². The normalized spacial score (nSPS) is 20.0. The number of ether oxygens (including phenoxy) is 1. The van der Waals surface area contributed by atoms with Crippen LogP contribution in [-0.2, 0) is 4.79 Å². The molecule has 0 spiro atoms. The molecule has 6 nitrogen and oxygen atoms in total. The Morgan fingerprint density at radius 2 is 1.73 bits per heavy atom. The molecule has 0 radical (unpaired) electrons. The summed E-state index contributed by atoms with van der Waals surface area (Å²) in [5.41, 5.74) is 0.683.